The average Bonchev–Trinajstić information content (AvgIpc) is 2.97. The molecule has 0 amide bonds. The van der Waals surface area contributed by atoms with Crippen molar-refractivity contribution in [3.8, 4) is 0 Å². The Labute approximate surface area is 142 Å². The fourth-order valence-electron chi connectivity index (χ4n) is 7.11. The van der Waals surface area contributed by atoms with Crippen molar-refractivity contribution in [1.82, 2.24) is 0 Å². The Morgan fingerprint density at radius 2 is 1.35 bits per heavy atom. The van der Waals surface area contributed by atoms with E-state index in [0.29, 0.717) is 11.8 Å². The minimum absolute atomic E-state index is 0.0941. The molecule has 23 heavy (non-hydrogen) atoms. The summed E-state index contributed by atoms with van der Waals surface area (Å²) in [6, 6.07) is 0. The number of fused-ring (bicyclic) bond motifs is 2. The maximum atomic E-state index is 11.2. The first-order valence-corrected chi connectivity index (χ1v) is 10.6. The maximum Gasteiger partial charge on any atom is 0.0576 e. The molecule has 0 aromatic carbocycles. The maximum absolute atomic E-state index is 11.2. The predicted molar refractivity (Wildman–Crippen MR) is 93.0 cm³/mol. The van der Waals surface area contributed by atoms with Crippen molar-refractivity contribution in [3.05, 3.63) is 0 Å². The van der Waals surface area contributed by atoms with E-state index in [4.69, 9.17) is 0 Å². The SMILES string of the molecule is OC(C[C@H]1CC[C@@H](O)C1)C1C2CCCCC2CC2CCCCC21. The van der Waals surface area contributed by atoms with Crippen molar-refractivity contribution in [2.75, 3.05) is 0 Å². The van der Waals surface area contributed by atoms with Crippen LogP contribution < -0.4 is 0 Å². The third-order valence-corrected chi connectivity index (χ3v) is 8.06. The summed E-state index contributed by atoms with van der Waals surface area (Å²) in [5.74, 6) is 4.60. The molecule has 5 unspecified atom stereocenters. The number of aliphatic hydroxyl groups excluding tert-OH is 2. The molecule has 0 radical (unpaired) electrons. The molecule has 0 aliphatic heterocycles. The molecular weight excluding hydrogens is 284 g/mol. The van der Waals surface area contributed by atoms with Crippen molar-refractivity contribution in [2.45, 2.75) is 95.7 Å². The number of hydrogen-bond acceptors (Lipinski definition) is 2. The van der Waals surface area contributed by atoms with Crippen molar-refractivity contribution in [1.29, 1.82) is 0 Å². The van der Waals surface area contributed by atoms with Crippen molar-refractivity contribution in [3.63, 3.8) is 0 Å². The van der Waals surface area contributed by atoms with Crippen LogP contribution in [0.1, 0.15) is 83.5 Å². The molecule has 4 saturated carbocycles. The summed E-state index contributed by atoms with van der Waals surface area (Å²) < 4.78 is 0. The lowest BCUT2D eigenvalue weighted by atomic mass is 9.53. The van der Waals surface area contributed by atoms with Gasteiger partial charge in [0, 0.05) is 0 Å². The quantitative estimate of drug-likeness (QED) is 0.802. The highest BCUT2D eigenvalue weighted by molar-refractivity contribution is 4.98. The molecule has 4 aliphatic rings. The molecule has 2 heteroatoms. The second-order valence-electron chi connectivity index (χ2n) is 9.37. The van der Waals surface area contributed by atoms with Gasteiger partial charge >= 0.3 is 0 Å². The fraction of sp³-hybridized carbons (Fsp3) is 1.00. The van der Waals surface area contributed by atoms with E-state index in [0.717, 1.165) is 49.4 Å². The topological polar surface area (TPSA) is 40.5 Å². The van der Waals surface area contributed by atoms with Crippen LogP contribution >= 0.6 is 0 Å². The summed E-state index contributed by atoms with van der Waals surface area (Å²) >= 11 is 0. The van der Waals surface area contributed by atoms with E-state index in [-0.39, 0.29) is 12.2 Å². The largest absolute Gasteiger partial charge is 0.393 e. The van der Waals surface area contributed by atoms with Crippen LogP contribution in [0.2, 0.25) is 0 Å². The molecule has 2 nitrogen and oxygen atoms in total. The van der Waals surface area contributed by atoms with Gasteiger partial charge in [0.15, 0.2) is 0 Å². The van der Waals surface area contributed by atoms with Crippen LogP contribution in [0.15, 0.2) is 0 Å². The average molecular weight is 321 g/mol. The zero-order valence-corrected chi connectivity index (χ0v) is 14.7. The van der Waals surface area contributed by atoms with E-state index < -0.39 is 0 Å². The van der Waals surface area contributed by atoms with Gasteiger partial charge in [0.1, 0.15) is 0 Å². The first kappa shape index (κ1) is 16.4. The van der Waals surface area contributed by atoms with E-state index in [9.17, 15) is 10.2 Å². The van der Waals surface area contributed by atoms with Gasteiger partial charge in [-0.2, -0.15) is 0 Å². The summed E-state index contributed by atoms with van der Waals surface area (Å²) in [5, 5.41) is 21.0. The molecular formula is C21H36O2. The van der Waals surface area contributed by atoms with Crippen molar-refractivity contribution < 1.29 is 10.2 Å². The molecule has 0 bridgehead atoms. The standard InChI is InChI=1S/C21H36O2/c22-17-10-9-14(11-17)12-20(23)21-18-7-3-1-5-15(18)13-16-6-2-4-8-19(16)21/h14-23H,1-13H2/t14-,15?,16?,17+,18?,19?,20?,21?/m0/s1. The monoisotopic (exact) mass is 320 g/mol. The molecule has 0 aromatic rings. The van der Waals surface area contributed by atoms with Gasteiger partial charge in [-0.1, -0.05) is 38.5 Å². The van der Waals surface area contributed by atoms with Crippen LogP contribution in [0.4, 0.5) is 0 Å². The predicted octanol–water partition coefficient (Wildman–Crippen LogP) is 4.53. The summed E-state index contributed by atoms with van der Waals surface area (Å²) in [5.41, 5.74) is 0. The normalized spacial score (nSPS) is 48.5. The summed E-state index contributed by atoms with van der Waals surface area (Å²) in [6.07, 6.45) is 16.5. The lowest BCUT2D eigenvalue weighted by molar-refractivity contribution is -0.0800. The van der Waals surface area contributed by atoms with Crippen LogP contribution in [0.25, 0.3) is 0 Å². The zero-order valence-electron chi connectivity index (χ0n) is 14.7. The zero-order chi connectivity index (χ0) is 15.8. The Morgan fingerprint density at radius 3 is 1.91 bits per heavy atom. The smallest absolute Gasteiger partial charge is 0.0576 e. The molecule has 4 rings (SSSR count). The lowest BCUT2D eigenvalue weighted by Gasteiger charge is -2.53. The summed E-state index contributed by atoms with van der Waals surface area (Å²) in [6.45, 7) is 0. The number of hydrogen-bond donors (Lipinski definition) is 2. The molecule has 2 N–H and O–H groups in total. The molecule has 7 atom stereocenters. The second kappa shape index (κ2) is 7.04. The van der Waals surface area contributed by atoms with Gasteiger partial charge in [0.25, 0.3) is 0 Å². The van der Waals surface area contributed by atoms with Crippen LogP contribution in [0.5, 0.6) is 0 Å². The Hall–Kier alpha value is -0.0800. The van der Waals surface area contributed by atoms with Gasteiger partial charge in [-0.15, -0.1) is 0 Å². The van der Waals surface area contributed by atoms with E-state index in [1.54, 1.807) is 0 Å². The third kappa shape index (κ3) is 3.35. The van der Waals surface area contributed by atoms with Crippen LogP contribution in [0.3, 0.4) is 0 Å². The van der Waals surface area contributed by atoms with Gasteiger partial charge in [0.2, 0.25) is 0 Å². The first-order chi connectivity index (χ1) is 11.2. The molecule has 0 aromatic heterocycles. The van der Waals surface area contributed by atoms with Gasteiger partial charge < -0.3 is 10.2 Å². The summed E-state index contributed by atoms with van der Waals surface area (Å²) in [7, 11) is 0. The van der Waals surface area contributed by atoms with Gasteiger partial charge in [-0.3, -0.25) is 0 Å². The second-order valence-corrected chi connectivity index (χ2v) is 9.37. The van der Waals surface area contributed by atoms with E-state index in [1.165, 1.54) is 57.8 Å². The minimum atomic E-state index is -0.0956. The highest BCUT2D eigenvalue weighted by atomic mass is 16.3. The molecule has 4 aliphatic carbocycles. The number of aliphatic hydroxyl groups is 2. The Kier molecular flexibility index (Phi) is 5.02. The first-order valence-electron chi connectivity index (χ1n) is 10.6. The lowest BCUT2D eigenvalue weighted by Crippen LogP contribution is -2.48. The summed E-state index contributed by atoms with van der Waals surface area (Å²) in [4.78, 5) is 0. The van der Waals surface area contributed by atoms with Gasteiger partial charge in [-0.25, -0.2) is 0 Å². The fourth-order valence-corrected chi connectivity index (χ4v) is 7.11. The number of rotatable bonds is 3. The molecule has 0 spiro atoms. The van der Waals surface area contributed by atoms with Crippen molar-refractivity contribution in [2.24, 2.45) is 35.5 Å². The van der Waals surface area contributed by atoms with E-state index >= 15 is 0 Å². The highest BCUT2D eigenvalue weighted by Crippen LogP contribution is 2.54. The van der Waals surface area contributed by atoms with Gasteiger partial charge in [-0.05, 0) is 80.5 Å². The Balaban J connectivity index is 1.49. The van der Waals surface area contributed by atoms with Crippen molar-refractivity contribution >= 4 is 0 Å². The van der Waals surface area contributed by atoms with Crippen LogP contribution in [0, 0.1) is 35.5 Å². The third-order valence-electron chi connectivity index (χ3n) is 8.06. The molecule has 132 valence electrons. The van der Waals surface area contributed by atoms with Gasteiger partial charge in [0.05, 0.1) is 12.2 Å². The van der Waals surface area contributed by atoms with E-state index in [1.807, 2.05) is 0 Å². The molecule has 0 heterocycles. The highest BCUT2D eigenvalue weighted by Gasteiger charge is 2.48. The Morgan fingerprint density at radius 1 is 0.739 bits per heavy atom. The molecule has 0 saturated heterocycles. The minimum Gasteiger partial charge on any atom is -0.393 e. The van der Waals surface area contributed by atoms with Crippen LogP contribution in [-0.4, -0.2) is 22.4 Å². The van der Waals surface area contributed by atoms with E-state index in [2.05, 4.69) is 0 Å². The molecule has 4 fully saturated rings. The Bertz CT molecular complexity index is 373. The van der Waals surface area contributed by atoms with Crippen LogP contribution in [-0.2, 0) is 0 Å².